The van der Waals surface area contributed by atoms with Crippen molar-refractivity contribution in [2.45, 2.75) is 19.4 Å². The first-order valence-corrected chi connectivity index (χ1v) is 7.45. The van der Waals surface area contributed by atoms with Gasteiger partial charge in [-0.2, -0.15) is 0 Å². The van der Waals surface area contributed by atoms with E-state index in [1.807, 2.05) is 43.3 Å². The van der Waals surface area contributed by atoms with Crippen molar-refractivity contribution in [1.29, 1.82) is 0 Å². The van der Waals surface area contributed by atoms with Gasteiger partial charge in [-0.1, -0.05) is 29.8 Å². The van der Waals surface area contributed by atoms with Crippen molar-refractivity contribution in [2.24, 2.45) is 0 Å². The second-order valence-corrected chi connectivity index (χ2v) is 5.96. The Balaban J connectivity index is 2.16. The number of halogens is 2. The molecule has 0 amide bonds. The van der Waals surface area contributed by atoms with Crippen molar-refractivity contribution < 1.29 is 9.84 Å². The zero-order valence-electron chi connectivity index (χ0n) is 11.4. The highest BCUT2D eigenvalue weighted by atomic mass is 79.9. The van der Waals surface area contributed by atoms with Crippen LogP contribution in [0.25, 0.3) is 0 Å². The number of aliphatic hydroxyl groups excluding tert-OH is 1. The molecule has 1 N–H and O–H groups in total. The highest BCUT2D eigenvalue weighted by molar-refractivity contribution is 9.10. The van der Waals surface area contributed by atoms with Gasteiger partial charge in [0.15, 0.2) is 0 Å². The molecule has 0 aromatic heterocycles. The van der Waals surface area contributed by atoms with E-state index in [2.05, 4.69) is 15.9 Å². The summed E-state index contributed by atoms with van der Waals surface area (Å²) in [6.45, 7) is 1.93. The first-order chi connectivity index (χ1) is 9.51. The largest absolute Gasteiger partial charge is 0.496 e. The van der Waals surface area contributed by atoms with E-state index in [1.165, 1.54) is 0 Å². The first kappa shape index (κ1) is 15.4. The standard InChI is InChI=1S/C16H16BrClO2/c1-10-7-12(4-5-14(10)18)15(19)9-11-3-6-16(20-2)13(17)8-11/h3-8,15,19H,9H2,1-2H3. The molecule has 2 aromatic rings. The summed E-state index contributed by atoms with van der Waals surface area (Å²) in [4.78, 5) is 0. The van der Waals surface area contributed by atoms with Crippen LogP contribution in [0.5, 0.6) is 5.75 Å². The fourth-order valence-corrected chi connectivity index (χ4v) is 2.76. The molecule has 20 heavy (non-hydrogen) atoms. The summed E-state index contributed by atoms with van der Waals surface area (Å²) in [5, 5.41) is 11.0. The Labute approximate surface area is 132 Å². The normalized spacial score (nSPS) is 12.2. The molecule has 0 spiro atoms. The number of benzene rings is 2. The average Bonchev–Trinajstić information content (AvgIpc) is 2.42. The van der Waals surface area contributed by atoms with Crippen molar-refractivity contribution in [2.75, 3.05) is 7.11 Å². The van der Waals surface area contributed by atoms with Gasteiger partial charge in [-0.05, 0) is 57.7 Å². The van der Waals surface area contributed by atoms with E-state index < -0.39 is 6.10 Å². The van der Waals surface area contributed by atoms with E-state index in [4.69, 9.17) is 16.3 Å². The minimum Gasteiger partial charge on any atom is -0.496 e. The molecule has 0 bridgehead atoms. The Bertz CT molecular complexity index is 613. The Hall–Kier alpha value is -1.03. The Morgan fingerprint density at radius 1 is 1.25 bits per heavy atom. The van der Waals surface area contributed by atoms with E-state index in [1.54, 1.807) is 7.11 Å². The molecule has 0 heterocycles. The van der Waals surface area contributed by atoms with E-state index in [0.29, 0.717) is 11.4 Å². The van der Waals surface area contributed by atoms with Crippen LogP contribution in [-0.2, 0) is 6.42 Å². The van der Waals surface area contributed by atoms with E-state index in [0.717, 1.165) is 26.9 Å². The topological polar surface area (TPSA) is 29.5 Å². The van der Waals surface area contributed by atoms with Gasteiger partial charge in [0.2, 0.25) is 0 Å². The average molecular weight is 356 g/mol. The molecule has 1 atom stereocenters. The van der Waals surface area contributed by atoms with Crippen molar-refractivity contribution in [3.05, 3.63) is 62.6 Å². The van der Waals surface area contributed by atoms with Crippen LogP contribution in [-0.4, -0.2) is 12.2 Å². The van der Waals surface area contributed by atoms with E-state index >= 15 is 0 Å². The Kier molecular flexibility index (Phi) is 5.08. The van der Waals surface area contributed by atoms with Crippen LogP contribution in [0.4, 0.5) is 0 Å². The minimum absolute atomic E-state index is 0.545. The smallest absolute Gasteiger partial charge is 0.133 e. The van der Waals surface area contributed by atoms with Gasteiger partial charge >= 0.3 is 0 Å². The number of methoxy groups -OCH3 is 1. The molecule has 2 nitrogen and oxygen atoms in total. The number of hydrogen-bond acceptors (Lipinski definition) is 2. The van der Waals surface area contributed by atoms with Crippen molar-refractivity contribution >= 4 is 27.5 Å². The van der Waals surface area contributed by atoms with Crippen LogP contribution in [0, 0.1) is 6.92 Å². The lowest BCUT2D eigenvalue weighted by Gasteiger charge is -2.13. The lowest BCUT2D eigenvalue weighted by atomic mass is 10.00. The summed E-state index contributed by atoms with van der Waals surface area (Å²) in [6, 6.07) is 11.4. The molecule has 2 rings (SSSR count). The Morgan fingerprint density at radius 3 is 2.60 bits per heavy atom. The molecule has 0 aliphatic carbocycles. The lowest BCUT2D eigenvalue weighted by molar-refractivity contribution is 0.178. The van der Waals surface area contributed by atoms with Gasteiger partial charge < -0.3 is 9.84 Å². The highest BCUT2D eigenvalue weighted by Gasteiger charge is 2.11. The number of ether oxygens (including phenoxy) is 1. The van der Waals surface area contributed by atoms with Gasteiger partial charge in [0.25, 0.3) is 0 Å². The van der Waals surface area contributed by atoms with Gasteiger partial charge in [-0.25, -0.2) is 0 Å². The van der Waals surface area contributed by atoms with Crippen LogP contribution in [0.1, 0.15) is 22.8 Å². The molecule has 4 heteroatoms. The summed E-state index contributed by atoms with van der Waals surface area (Å²) >= 11 is 9.45. The molecule has 2 aromatic carbocycles. The van der Waals surface area contributed by atoms with Crippen LogP contribution < -0.4 is 4.74 Å². The fourth-order valence-electron chi connectivity index (χ4n) is 2.05. The summed E-state index contributed by atoms with van der Waals surface area (Å²) < 4.78 is 6.08. The predicted molar refractivity (Wildman–Crippen MR) is 85.5 cm³/mol. The van der Waals surface area contributed by atoms with Crippen molar-refractivity contribution in [1.82, 2.24) is 0 Å². The van der Waals surface area contributed by atoms with Gasteiger partial charge in [0.05, 0.1) is 17.7 Å². The zero-order chi connectivity index (χ0) is 14.7. The molecular weight excluding hydrogens is 340 g/mol. The maximum atomic E-state index is 10.3. The van der Waals surface area contributed by atoms with Crippen molar-refractivity contribution in [3.63, 3.8) is 0 Å². The minimum atomic E-state index is -0.550. The van der Waals surface area contributed by atoms with Gasteiger partial charge in [-0.15, -0.1) is 0 Å². The predicted octanol–water partition coefficient (Wildman–Crippen LogP) is 4.70. The molecule has 0 aliphatic rings. The molecule has 0 radical (unpaired) electrons. The third-order valence-corrected chi connectivity index (χ3v) is 4.26. The second kappa shape index (κ2) is 6.61. The maximum Gasteiger partial charge on any atom is 0.133 e. The number of hydrogen-bond donors (Lipinski definition) is 1. The molecule has 0 saturated heterocycles. The third kappa shape index (κ3) is 3.54. The first-order valence-electron chi connectivity index (χ1n) is 6.28. The molecular formula is C16H16BrClO2. The van der Waals surface area contributed by atoms with Crippen LogP contribution >= 0.6 is 27.5 Å². The van der Waals surface area contributed by atoms with Crippen LogP contribution in [0.15, 0.2) is 40.9 Å². The molecule has 1 unspecified atom stereocenters. The zero-order valence-corrected chi connectivity index (χ0v) is 13.7. The van der Waals surface area contributed by atoms with E-state index in [-0.39, 0.29) is 0 Å². The summed E-state index contributed by atoms with van der Waals surface area (Å²) in [7, 11) is 1.63. The quantitative estimate of drug-likeness (QED) is 0.861. The third-order valence-electron chi connectivity index (χ3n) is 3.21. The second-order valence-electron chi connectivity index (χ2n) is 4.70. The summed E-state index contributed by atoms with van der Waals surface area (Å²) in [5.41, 5.74) is 2.88. The highest BCUT2D eigenvalue weighted by Crippen LogP contribution is 2.28. The van der Waals surface area contributed by atoms with E-state index in [9.17, 15) is 5.11 Å². The molecule has 0 aliphatic heterocycles. The Morgan fingerprint density at radius 2 is 2.00 bits per heavy atom. The van der Waals surface area contributed by atoms with Gasteiger partial charge in [-0.3, -0.25) is 0 Å². The van der Waals surface area contributed by atoms with Crippen LogP contribution in [0.3, 0.4) is 0 Å². The molecule has 106 valence electrons. The maximum absolute atomic E-state index is 10.3. The van der Waals surface area contributed by atoms with Gasteiger partial charge in [0.1, 0.15) is 5.75 Å². The lowest BCUT2D eigenvalue weighted by Crippen LogP contribution is -2.02. The monoisotopic (exact) mass is 354 g/mol. The fraction of sp³-hybridized carbons (Fsp3) is 0.250. The SMILES string of the molecule is COc1ccc(CC(O)c2ccc(Cl)c(C)c2)cc1Br. The molecule has 0 saturated carbocycles. The number of aliphatic hydroxyl groups is 1. The summed E-state index contributed by atoms with van der Waals surface area (Å²) in [6.07, 6.45) is -0.00445. The number of aryl methyl sites for hydroxylation is 1. The van der Waals surface area contributed by atoms with Crippen LogP contribution in [0.2, 0.25) is 5.02 Å². The summed E-state index contributed by atoms with van der Waals surface area (Å²) in [5.74, 6) is 0.783. The van der Waals surface area contributed by atoms with Crippen molar-refractivity contribution in [3.8, 4) is 5.75 Å². The molecule has 0 fully saturated rings. The van der Waals surface area contributed by atoms with Gasteiger partial charge in [0, 0.05) is 11.4 Å². The number of rotatable bonds is 4.